The third kappa shape index (κ3) is 4.52. The van der Waals surface area contributed by atoms with Gasteiger partial charge in [-0.25, -0.2) is 0 Å². The molecule has 1 fully saturated rings. The minimum atomic E-state index is -0.514. The lowest BCUT2D eigenvalue weighted by atomic mass is 10.1. The third-order valence-corrected chi connectivity index (χ3v) is 3.87. The zero-order valence-electron chi connectivity index (χ0n) is 14.2. The molecule has 0 spiro atoms. The molecule has 1 heterocycles. The molecule has 0 bridgehead atoms. The predicted octanol–water partition coefficient (Wildman–Crippen LogP) is 0.757. The normalized spacial score (nSPS) is 15.3. The summed E-state index contributed by atoms with van der Waals surface area (Å²) >= 11 is 0. The summed E-state index contributed by atoms with van der Waals surface area (Å²) in [6, 6.07) is 4.57. The maximum Gasteiger partial charge on any atom is 0.254 e. The summed E-state index contributed by atoms with van der Waals surface area (Å²) < 4.78 is 10.4. The average molecular weight is 358 g/mol. The number of piperazine rings is 1. The summed E-state index contributed by atoms with van der Waals surface area (Å²) in [6.45, 7) is 3.62. The maximum atomic E-state index is 12.6. The van der Waals surface area contributed by atoms with Crippen molar-refractivity contribution in [2.45, 2.75) is 13.0 Å². The molecule has 134 valence electrons. The first-order chi connectivity index (χ1) is 11.0. The first-order valence-electron chi connectivity index (χ1n) is 7.53. The van der Waals surface area contributed by atoms with Crippen LogP contribution in [0.5, 0.6) is 11.5 Å². The number of nitrogens with zero attached hydrogens (tertiary/aromatic N) is 2. The van der Waals surface area contributed by atoms with Crippen molar-refractivity contribution >= 4 is 24.2 Å². The highest BCUT2D eigenvalue weighted by Gasteiger charge is 2.26. The average Bonchev–Trinajstić information content (AvgIpc) is 2.59. The molecular weight excluding hydrogens is 334 g/mol. The molecule has 2 amide bonds. The number of nitrogens with two attached hydrogens (primary N) is 1. The lowest BCUT2D eigenvalue weighted by molar-refractivity contribution is -0.133. The number of ether oxygens (including phenoxy) is 2. The summed E-state index contributed by atoms with van der Waals surface area (Å²) in [4.78, 5) is 27.9. The number of halogens is 1. The molecule has 1 aromatic carbocycles. The predicted molar refractivity (Wildman–Crippen MR) is 92.9 cm³/mol. The van der Waals surface area contributed by atoms with Crippen LogP contribution in [0.25, 0.3) is 0 Å². The fourth-order valence-corrected chi connectivity index (χ4v) is 2.53. The molecule has 1 unspecified atom stereocenters. The van der Waals surface area contributed by atoms with Crippen LogP contribution < -0.4 is 15.2 Å². The van der Waals surface area contributed by atoms with Gasteiger partial charge in [0.1, 0.15) is 11.5 Å². The first kappa shape index (κ1) is 20.1. The number of hydrogen-bond donors (Lipinski definition) is 1. The van der Waals surface area contributed by atoms with E-state index in [1.807, 2.05) is 0 Å². The number of rotatable bonds is 4. The van der Waals surface area contributed by atoms with E-state index in [1.165, 1.54) is 0 Å². The number of hydrogen-bond acceptors (Lipinski definition) is 5. The van der Waals surface area contributed by atoms with Crippen molar-refractivity contribution in [2.75, 3.05) is 40.4 Å². The fraction of sp³-hybridized carbons (Fsp3) is 0.500. The van der Waals surface area contributed by atoms with E-state index in [0.29, 0.717) is 43.2 Å². The number of carbonyl (C=O) groups excluding carboxylic acids is 2. The highest BCUT2D eigenvalue weighted by Crippen LogP contribution is 2.23. The molecule has 1 aromatic rings. The van der Waals surface area contributed by atoms with Crippen LogP contribution in [-0.4, -0.2) is 68.1 Å². The third-order valence-electron chi connectivity index (χ3n) is 3.87. The number of carbonyl (C=O) groups is 2. The highest BCUT2D eigenvalue weighted by atomic mass is 35.5. The van der Waals surface area contributed by atoms with E-state index in [-0.39, 0.29) is 24.2 Å². The van der Waals surface area contributed by atoms with Gasteiger partial charge in [0.2, 0.25) is 5.91 Å². The van der Waals surface area contributed by atoms with Crippen LogP contribution in [0.2, 0.25) is 0 Å². The Morgan fingerprint density at radius 1 is 1.00 bits per heavy atom. The standard InChI is InChI=1S/C16H23N3O4.ClH/c1-11(17)15(20)18-4-6-19(7-5-18)16(21)12-8-13(22-2)10-14(9-12)23-3;/h8-11H,4-7,17H2,1-3H3;1H. The molecule has 0 aliphatic carbocycles. The zero-order chi connectivity index (χ0) is 17.0. The Kier molecular flexibility index (Phi) is 7.31. The van der Waals surface area contributed by atoms with Gasteiger partial charge in [-0.3, -0.25) is 9.59 Å². The van der Waals surface area contributed by atoms with Gasteiger partial charge in [-0.05, 0) is 19.1 Å². The van der Waals surface area contributed by atoms with E-state index in [4.69, 9.17) is 15.2 Å². The summed E-state index contributed by atoms with van der Waals surface area (Å²) in [5.41, 5.74) is 6.12. The smallest absolute Gasteiger partial charge is 0.254 e. The molecule has 1 aliphatic rings. The van der Waals surface area contributed by atoms with E-state index in [2.05, 4.69) is 0 Å². The quantitative estimate of drug-likeness (QED) is 0.859. The second kappa shape index (κ2) is 8.75. The van der Waals surface area contributed by atoms with Crippen LogP contribution in [0.1, 0.15) is 17.3 Å². The largest absolute Gasteiger partial charge is 0.497 e. The maximum absolute atomic E-state index is 12.6. The van der Waals surface area contributed by atoms with E-state index < -0.39 is 6.04 Å². The fourth-order valence-electron chi connectivity index (χ4n) is 2.53. The van der Waals surface area contributed by atoms with Crippen LogP contribution in [0.3, 0.4) is 0 Å². The summed E-state index contributed by atoms with van der Waals surface area (Å²) in [6.07, 6.45) is 0. The van der Waals surface area contributed by atoms with E-state index in [0.717, 1.165) is 0 Å². The van der Waals surface area contributed by atoms with Gasteiger partial charge < -0.3 is 25.0 Å². The molecule has 24 heavy (non-hydrogen) atoms. The second-order valence-corrected chi connectivity index (χ2v) is 5.51. The molecule has 2 rings (SSSR count). The van der Waals surface area contributed by atoms with Gasteiger partial charge in [-0.15, -0.1) is 12.4 Å². The lowest BCUT2D eigenvalue weighted by Crippen LogP contribution is -2.53. The van der Waals surface area contributed by atoms with Gasteiger partial charge in [0.15, 0.2) is 0 Å². The molecule has 8 heteroatoms. The minimum absolute atomic E-state index is 0. The van der Waals surface area contributed by atoms with Crippen molar-refractivity contribution in [1.29, 1.82) is 0 Å². The Labute approximate surface area is 148 Å². The lowest BCUT2D eigenvalue weighted by Gasteiger charge is -2.35. The van der Waals surface area contributed by atoms with Crippen LogP contribution in [-0.2, 0) is 4.79 Å². The summed E-state index contributed by atoms with van der Waals surface area (Å²) in [5, 5.41) is 0. The Morgan fingerprint density at radius 2 is 1.46 bits per heavy atom. The van der Waals surface area contributed by atoms with Crippen molar-refractivity contribution < 1.29 is 19.1 Å². The Hall–Kier alpha value is -1.99. The van der Waals surface area contributed by atoms with Crippen LogP contribution in [0, 0.1) is 0 Å². The molecule has 7 nitrogen and oxygen atoms in total. The van der Waals surface area contributed by atoms with Crippen molar-refractivity contribution in [3.8, 4) is 11.5 Å². The van der Waals surface area contributed by atoms with Gasteiger partial charge in [0, 0.05) is 37.8 Å². The van der Waals surface area contributed by atoms with E-state index >= 15 is 0 Å². The highest BCUT2D eigenvalue weighted by molar-refractivity contribution is 5.95. The van der Waals surface area contributed by atoms with Crippen molar-refractivity contribution in [3.05, 3.63) is 23.8 Å². The number of benzene rings is 1. The van der Waals surface area contributed by atoms with Crippen LogP contribution in [0.4, 0.5) is 0 Å². The van der Waals surface area contributed by atoms with E-state index in [9.17, 15) is 9.59 Å². The van der Waals surface area contributed by atoms with Gasteiger partial charge in [0.05, 0.1) is 20.3 Å². The van der Waals surface area contributed by atoms with Gasteiger partial charge in [0.25, 0.3) is 5.91 Å². The summed E-state index contributed by atoms with van der Waals surface area (Å²) in [7, 11) is 3.09. The number of methoxy groups -OCH3 is 2. The second-order valence-electron chi connectivity index (χ2n) is 5.51. The first-order valence-corrected chi connectivity index (χ1v) is 7.53. The Balaban J connectivity index is 0.00000288. The molecule has 2 N–H and O–H groups in total. The Morgan fingerprint density at radius 3 is 1.88 bits per heavy atom. The minimum Gasteiger partial charge on any atom is -0.497 e. The van der Waals surface area contributed by atoms with Crippen molar-refractivity contribution in [3.63, 3.8) is 0 Å². The molecular formula is C16H24ClN3O4. The molecule has 1 saturated heterocycles. The molecule has 1 aliphatic heterocycles. The Bertz CT molecular complexity index is 564. The summed E-state index contributed by atoms with van der Waals surface area (Å²) in [5.74, 6) is 0.951. The number of amides is 2. The van der Waals surface area contributed by atoms with Crippen molar-refractivity contribution in [1.82, 2.24) is 9.80 Å². The SMILES string of the molecule is COc1cc(OC)cc(C(=O)N2CCN(C(=O)C(C)N)CC2)c1.Cl. The van der Waals surface area contributed by atoms with Crippen molar-refractivity contribution in [2.24, 2.45) is 5.73 Å². The van der Waals surface area contributed by atoms with Gasteiger partial charge in [-0.1, -0.05) is 0 Å². The molecule has 1 atom stereocenters. The monoisotopic (exact) mass is 357 g/mol. The van der Waals surface area contributed by atoms with E-state index in [1.54, 1.807) is 49.1 Å². The molecule has 0 saturated carbocycles. The van der Waals surface area contributed by atoms with Crippen LogP contribution >= 0.6 is 12.4 Å². The van der Waals surface area contributed by atoms with Crippen LogP contribution in [0.15, 0.2) is 18.2 Å². The molecule has 0 radical (unpaired) electrons. The van der Waals surface area contributed by atoms with Gasteiger partial charge >= 0.3 is 0 Å². The molecule has 0 aromatic heterocycles. The topological polar surface area (TPSA) is 85.1 Å². The zero-order valence-corrected chi connectivity index (χ0v) is 15.0. The van der Waals surface area contributed by atoms with Gasteiger partial charge in [-0.2, -0.15) is 0 Å².